The molecule has 0 aliphatic heterocycles. The second-order valence-corrected chi connectivity index (χ2v) is 6.39. The molecule has 0 aliphatic carbocycles. The lowest BCUT2D eigenvalue weighted by Crippen LogP contribution is -2.36. The van der Waals surface area contributed by atoms with Gasteiger partial charge in [-0.2, -0.15) is 0 Å². The summed E-state index contributed by atoms with van der Waals surface area (Å²) in [6.45, 7) is 2.08. The number of halogens is 1. The Kier molecular flexibility index (Phi) is 7.00. The number of nitrogens with one attached hydrogen (secondary N) is 2. The Hall–Kier alpha value is -2.57. The fraction of sp³-hybridized carbons (Fsp3) is 0.263. The van der Waals surface area contributed by atoms with Gasteiger partial charge in [-0.1, -0.05) is 17.7 Å². The first kappa shape index (κ1) is 19.8. The molecule has 0 atom stereocenters. The van der Waals surface area contributed by atoms with Crippen molar-refractivity contribution in [2.45, 2.75) is 6.92 Å². The Morgan fingerprint density at radius 3 is 2.23 bits per heavy atom. The Balaban J connectivity index is 1.81. The molecule has 7 heteroatoms. The van der Waals surface area contributed by atoms with Crippen molar-refractivity contribution in [1.82, 2.24) is 4.90 Å². The van der Waals surface area contributed by atoms with Crippen molar-refractivity contribution in [1.29, 1.82) is 0 Å². The van der Waals surface area contributed by atoms with Crippen molar-refractivity contribution in [2.75, 3.05) is 37.9 Å². The van der Waals surface area contributed by atoms with Crippen LogP contribution in [-0.2, 0) is 9.59 Å². The number of hydrogen-bond acceptors (Lipinski definition) is 4. The molecule has 2 amide bonds. The summed E-state index contributed by atoms with van der Waals surface area (Å²) < 4.78 is 5.07. The number of aryl methyl sites for hydroxylation is 1. The summed E-state index contributed by atoms with van der Waals surface area (Å²) >= 11 is 6.10. The van der Waals surface area contributed by atoms with Crippen molar-refractivity contribution < 1.29 is 14.3 Å². The number of carbonyl (C=O) groups excluding carboxylic acids is 2. The molecule has 0 spiro atoms. The Morgan fingerprint density at radius 1 is 1.04 bits per heavy atom. The van der Waals surface area contributed by atoms with Gasteiger partial charge in [0, 0.05) is 5.69 Å². The fourth-order valence-electron chi connectivity index (χ4n) is 2.33. The number of likely N-dealkylation sites (N-methyl/N-ethyl adjacent to an activating group) is 1. The van der Waals surface area contributed by atoms with Gasteiger partial charge in [-0.15, -0.1) is 0 Å². The van der Waals surface area contributed by atoms with Crippen molar-refractivity contribution >= 4 is 34.8 Å². The van der Waals surface area contributed by atoms with E-state index in [9.17, 15) is 9.59 Å². The maximum absolute atomic E-state index is 12.1. The number of ether oxygens (including phenoxy) is 1. The normalized spacial score (nSPS) is 10.5. The zero-order valence-corrected chi connectivity index (χ0v) is 15.8. The van der Waals surface area contributed by atoms with E-state index in [0.29, 0.717) is 22.1 Å². The quantitative estimate of drug-likeness (QED) is 0.779. The van der Waals surface area contributed by atoms with Crippen molar-refractivity contribution in [3.63, 3.8) is 0 Å². The van der Waals surface area contributed by atoms with Crippen LogP contribution in [0.1, 0.15) is 5.56 Å². The number of methoxy groups -OCH3 is 1. The summed E-state index contributed by atoms with van der Waals surface area (Å²) in [6, 6.07) is 12.4. The molecule has 0 radical (unpaired) electrons. The number of anilines is 2. The van der Waals surface area contributed by atoms with E-state index >= 15 is 0 Å². The number of benzene rings is 2. The molecule has 2 rings (SSSR count). The van der Waals surface area contributed by atoms with E-state index in [1.54, 1.807) is 55.5 Å². The standard InChI is InChI=1S/C19H22ClN3O3/c1-13-4-9-17(16(20)10-13)22-19(25)12-23(2)11-18(24)21-14-5-7-15(26-3)8-6-14/h4-10H,11-12H2,1-3H3,(H,21,24)(H,22,25). The molecule has 0 aliphatic rings. The van der Waals surface area contributed by atoms with E-state index in [0.717, 1.165) is 5.56 Å². The zero-order valence-electron chi connectivity index (χ0n) is 15.0. The van der Waals surface area contributed by atoms with Crippen LogP contribution in [-0.4, -0.2) is 44.0 Å². The Bertz CT molecular complexity index is 778. The van der Waals surface area contributed by atoms with E-state index in [4.69, 9.17) is 16.3 Å². The summed E-state index contributed by atoms with van der Waals surface area (Å²) in [6.07, 6.45) is 0. The lowest BCUT2D eigenvalue weighted by atomic mass is 10.2. The fourth-order valence-corrected chi connectivity index (χ4v) is 2.61. The largest absolute Gasteiger partial charge is 0.497 e. The number of carbonyl (C=O) groups is 2. The number of rotatable bonds is 7. The van der Waals surface area contributed by atoms with Gasteiger partial charge in [0.1, 0.15) is 5.75 Å². The SMILES string of the molecule is COc1ccc(NC(=O)CN(C)CC(=O)Nc2ccc(C)cc2Cl)cc1. The molecule has 6 nitrogen and oxygen atoms in total. The van der Waals surface area contributed by atoms with Crippen LogP contribution >= 0.6 is 11.6 Å². The second-order valence-electron chi connectivity index (χ2n) is 5.98. The minimum absolute atomic E-state index is 0.0697. The van der Waals surface area contributed by atoms with Crippen LogP contribution in [0.3, 0.4) is 0 Å². The molecule has 26 heavy (non-hydrogen) atoms. The average molecular weight is 376 g/mol. The highest BCUT2D eigenvalue weighted by atomic mass is 35.5. The van der Waals surface area contributed by atoms with Crippen molar-refractivity contribution in [3.8, 4) is 5.75 Å². The molecule has 0 heterocycles. The molecule has 0 fully saturated rings. The third kappa shape index (κ3) is 6.06. The lowest BCUT2D eigenvalue weighted by molar-refractivity contribution is -0.119. The van der Waals surface area contributed by atoms with E-state index in [1.807, 2.05) is 13.0 Å². The van der Waals surface area contributed by atoms with Gasteiger partial charge in [0.2, 0.25) is 11.8 Å². The van der Waals surface area contributed by atoms with Crippen LogP contribution in [0, 0.1) is 6.92 Å². The van der Waals surface area contributed by atoms with Crippen LogP contribution in [0.15, 0.2) is 42.5 Å². The van der Waals surface area contributed by atoms with Crippen LogP contribution in [0.5, 0.6) is 5.75 Å². The Labute approximate surface area is 158 Å². The highest BCUT2D eigenvalue weighted by molar-refractivity contribution is 6.33. The summed E-state index contributed by atoms with van der Waals surface area (Å²) in [5.41, 5.74) is 2.23. The number of amides is 2. The predicted octanol–water partition coefficient (Wildman–Crippen LogP) is 3.17. The molecule has 2 aromatic rings. The highest BCUT2D eigenvalue weighted by Crippen LogP contribution is 2.22. The van der Waals surface area contributed by atoms with Crippen LogP contribution in [0.2, 0.25) is 5.02 Å². The van der Waals surface area contributed by atoms with Crippen LogP contribution in [0.25, 0.3) is 0 Å². The molecule has 2 N–H and O–H groups in total. The summed E-state index contributed by atoms with van der Waals surface area (Å²) in [4.78, 5) is 25.8. The van der Waals surface area contributed by atoms with Gasteiger partial charge in [0.15, 0.2) is 0 Å². The van der Waals surface area contributed by atoms with Gasteiger partial charge >= 0.3 is 0 Å². The van der Waals surface area contributed by atoms with Crippen molar-refractivity contribution in [2.24, 2.45) is 0 Å². The molecule has 2 aromatic carbocycles. The molecule has 0 aromatic heterocycles. The third-order valence-electron chi connectivity index (χ3n) is 3.60. The maximum atomic E-state index is 12.1. The van der Waals surface area contributed by atoms with Gasteiger partial charge < -0.3 is 15.4 Å². The predicted molar refractivity (Wildman–Crippen MR) is 104 cm³/mol. The topological polar surface area (TPSA) is 70.7 Å². The first-order valence-electron chi connectivity index (χ1n) is 8.06. The maximum Gasteiger partial charge on any atom is 0.238 e. The van der Waals surface area contributed by atoms with Crippen LogP contribution < -0.4 is 15.4 Å². The highest BCUT2D eigenvalue weighted by Gasteiger charge is 2.12. The van der Waals surface area contributed by atoms with E-state index in [1.165, 1.54) is 0 Å². The lowest BCUT2D eigenvalue weighted by Gasteiger charge is -2.16. The molecular weight excluding hydrogens is 354 g/mol. The average Bonchev–Trinajstić information content (AvgIpc) is 2.57. The van der Waals surface area contributed by atoms with Gasteiger partial charge in [0.05, 0.1) is 30.9 Å². The summed E-state index contributed by atoms with van der Waals surface area (Å²) in [5, 5.41) is 6.00. The smallest absolute Gasteiger partial charge is 0.238 e. The summed E-state index contributed by atoms with van der Waals surface area (Å²) in [7, 11) is 3.28. The first-order valence-corrected chi connectivity index (χ1v) is 8.43. The monoisotopic (exact) mass is 375 g/mol. The van der Waals surface area contributed by atoms with Gasteiger partial charge in [-0.3, -0.25) is 14.5 Å². The van der Waals surface area contributed by atoms with E-state index < -0.39 is 0 Å². The zero-order chi connectivity index (χ0) is 19.1. The first-order chi connectivity index (χ1) is 12.4. The molecule has 0 unspecified atom stereocenters. The van der Waals surface area contributed by atoms with Crippen molar-refractivity contribution in [3.05, 3.63) is 53.1 Å². The molecule has 0 bridgehead atoms. The summed E-state index contributed by atoms with van der Waals surface area (Å²) in [5.74, 6) is 0.265. The van der Waals surface area contributed by atoms with Gasteiger partial charge in [-0.25, -0.2) is 0 Å². The minimum Gasteiger partial charge on any atom is -0.497 e. The number of hydrogen-bond donors (Lipinski definition) is 2. The third-order valence-corrected chi connectivity index (χ3v) is 3.91. The minimum atomic E-state index is -0.240. The molecule has 138 valence electrons. The second kappa shape index (κ2) is 9.22. The molecule has 0 saturated heterocycles. The van der Waals surface area contributed by atoms with E-state index in [-0.39, 0.29) is 24.9 Å². The molecule has 0 saturated carbocycles. The number of nitrogens with zero attached hydrogens (tertiary/aromatic N) is 1. The van der Waals surface area contributed by atoms with E-state index in [2.05, 4.69) is 10.6 Å². The van der Waals surface area contributed by atoms with Gasteiger partial charge in [0.25, 0.3) is 0 Å². The Morgan fingerprint density at radius 2 is 1.65 bits per heavy atom. The van der Waals surface area contributed by atoms with Crippen LogP contribution in [0.4, 0.5) is 11.4 Å². The molecular formula is C19H22ClN3O3. The van der Waals surface area contributed by atoms with Gasteiger partial charge in [-0.05, 0) is 55.9 Å².